The number of halogens is 1. The summed E-state index contributed by atoms with van der Waals surface area (Å²) in [6.07, 6.45) is 3.79. The third-order valence-corrected chi connectivity index (χ3v) is 7.05. The Hall–Kier alpha value is -3.36. The van der Waals surface area contributed by atoms with Gasteiger partial charge in [0.25, 0.3) is 11.8 Å². The molecule has 0 aliphatic heterocycles. The van der Waals surface area contributed by atoms with Crippen molar-refractivity contribution in [3.8, 4) is 5.75 Å². The van der Waals surface area contributed by atoms with Gasteiger partial charge >= 0.3 is 5.97 Å². The van der Waals surface area contributed by atoms with E-state index in [1.807, 2.05) is 0 Å². The van der Waals surface area contributed by atoms with Crippen LogP contribution in [0.3, 0.4) is 0 Å². The smallest absolute Gasteiger partial charge is 0.341 e. The second kappa shape index (κ2) is 11.4. The quantitative estimate of drug-likeness (QED) is 0.376. The molecule has 1 aliphatic rings. The van der Waals surface area contributed by atoms with Crippen molar-refractivity contribution >= 4 is 51.4 Å². The molecule has 2 aromatic carbocycles. The molecule has 2 amide bonds. The number of ether oxygens (including phenoxy) is 2. The number of carbonyl (C=O) groups is 3. The first-order chi connectivity index (χ1) is 17.0. The molecule has 4 rings (SSSR count). The number of benzene rings is 2. The van der Waals surface area contributed by atoms with Gasteiger partial charge in [-0.3, -0.25) is 9.59 Å². The largest absolute Gasteiger partial charge is 0.484 e. The number of amides is 2. The van der Waals surface area contributed by atoms with Crippen molar-refractivity contribution in [3.63, 3.8) is 0 Å². The van der Waals surface area contributed by atoms with Crippen molar-refractivity contribution in [1.29, 1.82) is 0 Å². The molecule has 1 heterocycles. The summed E-state index contributed by atoms with van der Waals surface area (Å²) in [5.41, 5.74) is 2.40. The van der Waals surface area contributed by atoms with Gasteiger partial charge in [0.1, 0.15) is 10.8 Å². The number of nitrogens with one attached hydrogen (secondary N) is 2. The predicted octanol–water partition coefficient (Wildman–Crippen LogP) is 5.73. The molecule has 1 aliphatic carbocycles. The third kappa shape index (κ3) is 6.01. The summed E-state index contributed by atoms with van der Waals surface area (Å²) in [5.74, 6) is -0.662. The van der Waals surface area contributed by atoms with E-state index in [1.165, 1.54) is 11.3 Å². The lowest BCUT2D eigenvalue weighted by Gasteiger charge is -2.12. The van der Waals surface area contributed by atoms with E-state index in [4.69, 9.17) is 21.1 Å². The van der Waals surface area contributed by atoms with E-state index in [0.29, 0.717) is 32.6 Å². The van der Waals surface area contributed by atoms with Crippen LogP contribution in [0.15, 0.2) is 48.5 Å². The molecule has 0 radical (unpaired) electrons. The van der Waals surface area contributed by atoms with Gasteiger partial charge in [0.2, 0.25) is 0 Å². The molecule has 0 atom stereocenters. The lowest BCUT2D eigenvalue weighted by atomic mass is 9.95. The van der Waals surface area contributed by atoms with Gasteiger partial charge in [0, 0.05) is 10.4 Å². The summed E-state index contributed by atoms with van der Waals surface area (Å²) in [5, 5.41) is 6.53. The Morgan fingerprint density at radius 1 is 1.00 bits per heavy atom. The van der Waals surface area contributed by atoms with Crippen molar-refractivity contribution in [3.05, 3.63) is 75.1 Å². The van der Waals surface area contributed by atoms with Gasteiger partial charge in [-0.05, 0) is 74.6 Å². The summed E-state index contributed by atoms with van der Waals surface area (Å²) in [7, 11) is 0. The highest BCUT2D eigenvalue weighted by Gasteiger charge is 2.27. The van der Waals surface area contributed by atoms with E-state index in [-0.39, 0.29) is 25.0 Å². The number of para-hydroxylation sites is 1. The molecule has 0 bridgehead atoms. The van der Waals surface area contributed by atoms with Crippen LogP contribution in [0.2, 0.25) is 5.02 Å². The molecule has 35 heavy (non-hydrogen) atoms. The van der Waals surface area contributed by atoms with Gasteiger partial charge in [0.15, 0.2) is 6.61 Å². The number of aryl methyl sites for hydroxylation is 1. The van der Waals surface area contributed by atoms with Gasteiger partial charge in [-0.15, -0.1) is 11.3 Å². The Balaban J connectivity index is 1.36. The maximum Gasteiger partial charge on any atom is 0.341 e. The minimum atomic E-state index is -0.409. The first-order valence-electron chi connectivity index (χ1n) is 11.4. The van der Waals surface area contributed by atoms with E-state index >= 15 is 0 Å². The molecule has 0 saturated carbocycles. The summed E-state index contributed by atoms with van der Waals surface area (Å²) in [4.78, 5) is 38.7. The minimum Gasteiger partial charge on any atom is -0.484 e. The maximum absolute atomic E-state index is 12.6. The molecule has 0 unspecified atom stereocenters. The molecule has 7 nitrogen and oxygen atoms in total. The number of hydrogen-bond donors (Lipinski definition) is 2. The number of esters is 1. The molecule has 0 spiro atoms. The Kier molecular flexibility index (Phi) is 8.05. The second-order valence-electron chi connectivity index (χ2n) is 7.93. The van der Waals surface area contributed by atoms with Crippen LogP contribution >= 0.6 is 22.9 Å². The lowest BCUT2D eigenvalue weighted by Crippen LogP contribution is -2.21. The number of fused-ring (bicyclic) bond motifs is 1. The van der Waals surface area contributed by atoms with Crippen LogP contribution in [0.5, 0.6) is 5.75 Å². The predicted molar refractivity (Wildman–Crippen MR) is 137 cm³/mol. The Morgan fingerprint density at radius 2 is 1.74 bits per heavy atom. The van der Waals surface area contributed by atoms with Gasteiger partial charge in [-0.25, -0.2) is 4.79 Å². The van der Waals surface area contributed by atoms with Crippen molar-refractivity contribution in [2.45, 2.75) is 32.6 Å². The molecular weight excluding hydrogens is 488 g/mol. The third-order valence-electron chi connectivity index (χ3n) is 5.51. The van der Waals surface area contributed by atoms with Crippen molar-refractivity contribution in [2.24, 2.45) is 0 Å². The van der Waals surface area contributed by atoms with Crippen LogP contribution in [0, 0.1) is 0 Å². The maximum atomic E-state index is 12.6. The normalized spacial score (nSPS) is 12.4. The molecule has 9 heteroatoms. The van der Waals surface area contributed by atoms with Crippen LogP contribution < -0.4 is 15.4 Å². The van der Waals surface area contributed by atoms with Crippen molar-refractivity contribution < 1.29 is 23.9 Å². The van der Waals surface area contributed by atoms with Crippen LogP contribution in [0.1, 0.15) is 50.9 Å². The summed E-state index contributed by atoms with van der Waals surface area (Å²) in [6, 6.07) is 13.4. The van der Waals surface area contributed by atoms with Gasteiger partial charge in [0.05, 0.1) is 22.9 Å². The molecule has 0 fully saturated rings. The average molecular weight is 513 g/mol. The Labute approximate surface area is 212 Å². The number of hydrogen-bond acceptors (Lipinski definition) is 6. The van der Waals surface area contributed by atoms with Gasteiger partial charge < -0.3 is 20.1 Å². The molecule has 182 valence electrons. The van der Waals surface area contributed by atoms with E-state index < -0.39 is 5.97 Å². The summed E-state index contributed by atoms with van der Waals surface area (Å²) in [6.45, 7) is 1.79. The first-order valence-corrected chi connectivity index (χ1v) is 12.6. The second-order valence-corrected chi connectivity index (χ2v) is 9.44. The number of anilines is 2. The molecular formula is C26H25ClN2O5S. The van der Waals surface area contributed by atoms with Crippen molar-refractivity contribution in [2.75, 3.05) is 23.8 Å². The topological polar surface area (TPSA) is 93.7 Å². The molecule has 0 saturated heterocycles. The van der Waals surface area contributed by atoms with Gasteiger partial charge in [-0.1, -0.05) is 23.7 Å². The Bertz CT molecular complexity index is 1240. The fraction of sp³-hybridized carbons (Fsp3) is 0.269. The van der Waals surface area contributed by atoms with E-state index in [1.54, 1.807) is 55.5 Å². The van der Waals surface area contributed by atoms with Crippen LogP contribution in [-0.2, 0) is 22.4 Å². The lowest BCUT2D eigenvalue weighted by molar-refractivity contribution is -0.118. The standard InChI is InChI=1S/C26H25ClN2O5S/c1-2-33-26(32)23-18-7-3-6-10-21(18)35-25(23)29-22(30)15-34-17-13-11-16(12-14-17)24(31)28-20-9-5-4-8-19(20)27/h4-5,8-9,11-14H,2-3,6-7,10,15H2,1H3,(H,28,31)(H,29,30). The fourth-order valence-electron chi connectivity index (χ4n) is 3.84. The highest BCUT2D eigenvalue weighted by molar-refractivity contribution is 7.17. The Morgan fingerprint density at radius 3 is 2.49 bits per heavy atom. The number of rotatable bonds is 8. The average Bonchev–Trinajstić information content (AvgIpc) is 3.22. The fourth-order valence-corrected chi connectivity index (χ4v) is 5.32. The van der Waals surface area contributed by atoms with Crippen LogP contribution in [0.4, 0.5) is 10.7 Å². The van der Waals surface area contributed by atoms with E-state index in [0.717, 1.165) is 36.1 Å². The highest BCUT2D eigenvalue weighted by atomic mass is 35.5. The molecule has 3 aromatic rings. The minimum absolute atomic E-state index is 0.240. The monoisotopic (exact) mass is 512 g/mol. The van der Waals surface area contributed by atoms with Crippen LogP contribution in [-0.4, -0.2) is 31.0 Å². The zero-order chi connectivity index (χ0) is 24.8. The van der Waals surface area contributed by atoms with Crippen molar-refractivity contribution in [1.82, 2.24) is 0 Å². The van der Waals surface area contributed by atoms with Crippen LogP contribution in [0.25, 0.3) is 0 Å². The number of carbonyl (C=O) groups excluding carboxylic acids is 3. The number of thiophene rings is 1. The van der Waals surface area contributed by atoms with E-state index in [9.17, 15) is 14.4 Å². The molecule has 2 N–H and O–H groups in total. The van der Waals surface area contributed by atoms with E-state index in [2.05, 4.69) is 10.6 Å². The molecule has 1 aromatic heterocycles. The highest BCUT2D eigenvalue weighted by Crippen LogP contribution is 2.38. The summed E-state index contributed by atoms with van der Waals surface area (Å²) < 4.78 is 10.8. The zero-order valence-corrected chi connectivity index (χ0v) is 20.8. The first kappa shape index (κ1) is 24.8. The zero-order valence-electron chi connectivity index (χ0n) is 19.2. The SMILES string of the molecule is CCOC(=O)c1c(NC(=O)COc2ccc(C(=O)Nc3ccccc3Cl)cc2)sc2c1CCCC2. The summed E-state index contributed by atoms with van der Waals surface area (Å²) >= 11 is 7.52. The van der Waals surface area contributed by atoms with Gasteiger partial charge in [-0.2, -0.15) is 0 Å².